The van der Waals surface area contributed by atoms with E-state index in [-0.39, 0.29) is 60.7 Å². The molecule has 0 radical (unpaired) electrons. The highest BCUT2D eigenvalue weighted by atomic mass is 32.2. The molecule has 86 heavy (non-hydrogen) atoms. The summed E-state index contributed by atoms with van der Waals surface area (Å²) in [6.07, 6.45) is 0.191. The molecule has 4 aliphatic heterocycles. The number of benzene rings is 4. The third-order valence-electron chi connectivity index (χ3n) is 14.4. The number of hydrogen-bond donors (Lipinski definition) is 0. The molecule has 454 valence electrons. The Balaban J connectivity index is 0.816. The first-order valence-electron chi connectivity index (χ1n) is 29.0. The van der Waals surface area contributed by atoms with Crippen LogP contribution in [0.3, 0.4) is 0 Å². The van der Waals surface area contributed by atoms with E-state index in [4.69, 9.17) is 56.8 Å². The number of ether oxygens (including phenoxy) is 12. The van der Waals surface area contributed by atoms with Gasteiger partial charge in [-0.3, -0.25) is 0 Å². The van der Waals surface area contributed by atoms with Gasteiger partial charge < -0.3 is 56.8 Å². The lowest BCUT2D eigenvalue weighted by atomic mass is 9.73. The van der Waals surface area contributed by atoms with Crippen molar-refractivity contribution in [1.29, 1.82) is 0 Å². The molecule has 12 rings (SSSR count). The lowest BCUT2D eigenvalue weighted by molar-refractivity contribution is 0.0269. The van der Waals surface area contributed by atoms with Gasteiger partial charge in [-0.15, -0.1) is 47.0 Å². The van der Waals surface area contributed by atoms with Crippen LogP contribution >= 0.6 is 92.4 Å². The Kier molecular flexibility index (Phi) is 23.6. The summed E-state index contributed by atoms with van der Waals surface area (Å²) in [6.45, 7) is 6.86. The van der Waals surface area contributed by atoms with Gasteiger partial charge in [-0.2, -0.15) is 45.3 Å². The summed E-state index contributed by atoms with van der Waals surface area (Å²) in [4.78, 5) is 4.94. The zero-order chi connectivity index (χ0) is 58.0. The highest BCUT2D eigenvalue weighted by Gasteiger charge is 2.31. The third kappa shape index (κ3) is 20.5. The van der Waals surface area contributed by atoms with Crippen LogP contribution in [0.4, 0.5) is 0 Å². The highest BCUT2D eigenvalue weighted by molar-refractivity contribution is 8.00. The average Bonchev–Trinajstić information content (AvgIpc) is 2.25. The number of hydrogen-bond acceptors (Lipinski definition) is 20. The summed E-state index contributed by atoms with van der Waals surface area (Å²) in [7, 11) is 0. The van der Waals surface area contributed by atoms with Crippen molar-refractivity contribution in [3.05, 3.63) is 187 Å². The Labute approximate surface area is 537 Å². The molecule has 8 unspecified atom stereocenters. The van der Waals surface area contributed by atoms with Crippen LogP contribution in [-0.2, 0) is 37.9 Å². The fraction of sp³-hybridized carbons (Fsp3) is 0.394. The van der Waals surface area contributed by atoms with Crippen LogP contribution in [-0.4, -0.2) is 151 Å². The van der Waals surface area contributed by atoms with Crippen LogP contribution < -0.4 is 18.9 Å². The number of rotatable bonds is 41. The molecule has 0 spiro atoms. The standard InChI is InChI=1S/C66H70O12S8/c1-9-49(67-33-57(75-29-53-25-71-53)37-83-61-17-21-79-41-61)10-2-45(1)65(46-3-11-50(12-4-46)68-34-58(76-30-54-26-72-54)38-84-62-18-22-80-42-62)66(47-5-13-51(14-6-47)69-35-59(77-31-55-27-73-55)39-85-63-19-23-81-43-63)48-7-15-52(16-8-48)70-36-60(78-32-56-28-74-56)40-86-64-20-24-82-44-64/h1-24,41-44,53-60,65-66H,25-40H2. The van der Waals surface area contributed by atoms with Crippen molar-refractivity contribution in [2.75, 3.05) is 102 Å². The lowest BCUT2D eigenvalue weighted by Crippen LogP contribution is -2.26. The summed E-state index contributed by atoms with van der Waals surface area (Å²) in [6, 6.07) is 43.0. The van der Waals surface area contributed by atoms with Crippen LogP contribution in [0.5, 0.6) is 23.0 Å². The molecule has 4 aromatic heterocycles. The van der Waals surface area contributed by atoms with Crippen molar-refractivity contribution in [2.45, 2.75) is 80.2 Å². The summed E-state index contributed by atoms with van der Waals surface area (Å²) >= 11 is 13.9. The van der Waals surface area contributed by atoms with E-state index in [9.17, 15) is 0 Å². The first-order chi connectivity index (χ1) is 42.5. The van der Waals surface area contributed by atoms with E-state index in [1.165, 1.54) is 19.6 Å². The van der Waals surface area contributed by atoms with E-state index in [1.54, 1.807) is 92.4 Å². The fourth-order valence-electron chi connectivity index (χ4n) is 9.30. The maximum atomic E-state index is 6.56. The van der Waals surface area contributed by atoms with E-state index in [0.717, 1.165) is 94.7 Å². The number of epoxide rings is 4. The van der Waals surface area contributed by atoms with Crippen molar-refractivity contribution in [2.24, 2.45) is 0 Å². The molecule has 8 aromatic rings. The molecule has 4 aliphatic rings. The van der Waals surface area contributed by atoms with Crippen molar-refractivity contribution in [3.63, 3.8) is 0 Å². The minimum atomic E-state index is -0.169. The fourth-order valence-corrected chi connectivity index (χ4v) is 16.4. The van der Waals surface area contributed by atoms with Crippen molar-refractivity contribution >= 4 is 92.4 Å². The average molecular weight is 1310 g/mol. The Morgan fingerprint density at radius 1 is 0.326 bits per heavy atom. The predicted octanol–water partition coefficient (Wildman–Crippen LogP) is 14.7. The largest absolute Gasteiger partial charge is 0.491 e. The molecule has 0 saturated carbocycles. The van der Waals surface area contributed by atoms with Crippen LogP contribution in [0, 0.1) is 0 Å². The maximum absolute atomic E-state index is 6.56. The first kappa shape index (κ1) is 62.2. The van der Waals surface area contributed by atoms with E-state index in [1.807, 2.05) is 0 Å². The van der Waals surface area contributed by atoms with Gasteiger partial charge in [0.15, 0.2) is 0 Å². The molecule has 4 aromatic carbocycles. The minimum absolute atomic E-state index is 0.115. The second-order valence-electron chi connectivity index (χ2n) is 21.2. The zero-order valence-electron chi connectivity index (χ0n) is 47.4. The molecule has 0 bridgehead atoms. The van der Waals surface area contributed by atoms with Crippen molar-refractivity contribution in [1.82, 2.24) is 0 Å². The summed E-state index contributed by atoms with van der Waals surface area (Å²) in [5, 5.41) is 17.1. The quantitative estimate of drug-likeness (QED) is 0.0266. The van der Waals surface area contributed by atoms with E-state index in [2.05, 4.69) is 164 Å². The van der Waals surface area contributed by atoms with Gasteiger partial charge in [0.1, 0.15) is 98.3 Å². The van der Waals surface area contributed by atoms with Gasteiger partial charge in [0.25, 0.3) is 0 Å². The minimum Gasteiger partial charge on any atom is -0.491 e. The van der Waals surface area contributed by atoms with Crippen LogP contribution in [0.2, 0.25) is 0 Å². The second kappa shape index (κ2) is 32.6. The van der Waals surface area contributed by atoms with Crippen LogP contribution in [0.15, 0.2) is 184 Å². The lowest BCUT2D eigenvalue weighted by Gasteiger charge is -2.30. The molecular weight excluding hydrogens is 1240 g/mol. The smallest absolute Gasteiger partial charge is 0.119 e. The molecule has 0 aliphatic carbocycles. The van der Waals surface area contributed by atoms with E-state index in [0.29, 0.717) is 52.9 Å². The molecule has 20 heteroatoms. The summed E-state index contributed by atoms with van der Waals surface area (Å²) < 4.78 is 73.7. The molecular formula is C66H70O12S8. The molecule has 4 fully saturated rings. The predicted molar refractivity (Wildman–Crippen MR) is 350 cm³/mol. The van der Waals surface area contributed by atoms with Gasteiger partial charge in [0, 0.05) is 75.9 Å². The Morgan fingerprint density at radius 3 is 0.733 bits per heavy atom. The van der Waals surface area contributed by atoms with Gasteiger partial charge in [-0.05, 0) is 117 Å². The summed E-state index contributed by atoms with van der Waals surface area (Å²) in [5.41, 5.74) is 4.48. The first-order valence-corrected chi connectivity index (χ1v) is 36.7. The Bertz CT molecular complexity index is 2710. The number of thiophene rings is 4. The third-order valence-corrected chi connectivity index (χ3v) is 22.3. The molecule has 0 amide bonds. The van der Waals surface area contributed by atoms with Gasteiger partial charge in [-0.1, -0.05) is 48.5 Å². The Hall–Kier alpha value is -4.04. The molecule has 0 N–H and O–H groups in total. The maximum Gasteiger partial charge on any atom is 0.119 e. The summed E-state index contributed by atoms with van der Waals surface area (Å²) in [5.74, 6) is 5.85. The molecule has 8 heterocycles. The SMILES string of the molecule is c1cc(SCC(COc2ccc(C(c3ccc(OCC(CSc4ccsc4)OCC4CO4)cc3)C(c3ccc(OCC(CSc4ccsc4)OCC4CO4)cc3)c3ccc(OCC(CSc4ccsc4)OCC4CO4)cc3)cc2)OCC2CO2)cs1. The van der Waals surface area contributed by atoms with Gasteiger partial charge >= 0.3 is 0 Å². The van der Waals surface area contributed by atoms with Crippen molar-refractivity contribution < 1.29 is 56.8 Å². The van der Waals surface area contributed by atoms with Crippen LogP contribution in [0.1, 0.15) is 34.1 Å². The number of thioether (sulfide) groups is 4. The second-order valence-corrected chi connectivity index (χ2v) is 28.7. The van der Waals surface area contributed by atoms with Crippen LogP contribution in [0.25, 0.3) is 0 Å². The van der Waals surface area contributed by atoms with E-state index >= 15 is 0 Å². The van der Waals surface area contributed by atoms with Gasteiger partial charge in [0.2, 0.25) is 0 Å². The molecule has 12 nitrogen and oxygen atoms in total. The zero-order valence-corrected chi connectivity index (χ0v) is 53.9. The molecule has 4 saturated heterocycles. The van der Waals surface area contributed by atoms with Gasteiger partial charge in [-0.25, -0.2) is 0 Å². The topological polar surface area (TPSA) is 124 Å². The Morgan fingerprint density at radius 2 is 0.547 bits per heavy atom. The molecule has 8 atom stereocenters. The van der Waals surface area contributed by atoms with E-state index < -0.39 is 0 Å². The monoisotopic (exact) mass is 1310 g/mol. The normalized spacial score (nSPS) is 19.7. The van der Waals surface area contributed by atoms with Crippen molar-refractivity contribution in [3.8, 4) is 23.0 Å². The van der Waals surface area contributed by atoms with Gasteiger partial charge in [0.05, 0.1) is 52.9 Å². The highest BCUT2D eigenvalue weighted by Crippen LogP contribution is 2.45.